The number of rotatable bonds is 6. The molecule has 3 heterocycles. The smallest absolute Gasteiger partial charge is 0.138 e. The van der Waals surface area contributed by atoms with Crippen molar-refractivity contribution in [2.45, 2.75) is 46.8 Å². The standard InChI is InChI=1S/C42H40N4OSi/c1-28(2)45-38-19-9-10-20-39(38)46(47-45)32-15-12-16-33(26-32)48(5,6)34-21-22-36-35-17-7-8-18-37(35)44(40(36)27-34)41-25-31(23-24-43-41)42-29(3)13-11-14-30(42)4/h7-28H,1-6H3. The van der Waals surface area contributed by atoms with Crippen LogP contribution in [0.4, 0.5) is 17.1 Å². The molecule has 48 heavy (non-hydrogen) atoms. The summed E-state index contributed by atoms with van der Waals surface area (Å²) in [6, 6.07) is 44.2. The molecule has 0 fully saturated rings. The summed E-state index contributed by atoms with van der Waals surface area (Å²) in [5.74, 6) is 0.930. The first-order chi connectivity index (χ1) is 23.2. The molecule has 0 saturated carbocycles. The second kappa shape index (κ2) is 11.5. The van der Waals surface area contributed by atoms with Crippen molar-refractivity contribution in [2.24, 2.45) is 0 Å². The lowest BCUT2D eigenvalue weighted by Crippen LogP contribution is -2.53. The molecule has 0 aliphatic carbocycles. The summed E-state index contributed by atoms with van der Waals surface area (Å²) in [5.41, 5.74) is 10.5. The summed E-state index contributed by atoms with van der Waals surface area (Å²) in [5, 5.41) is 9.15. The number of hydrogen-bond donors (Lipinski definition) is 0. The Hall–Kier alpha value is -5.17. The predicted molar refractivity (Wildman–Crippen MR) is 204 cm³/mol. The number of nitrogens with zero attached hydrogens (tertiary/aromatic N) is 4. The Bertz CT molecular complexity index is 2320. The normalized spacial score (nSPS) is 13.2. The van der Waals surface area contributed by atoms with Gasteiger partial charge in [-0.2, -0.15) is 5.06 Å². The quantitative estimate of drug-likeness (QED) is 0.169. The lowest BCUT2D eigenvalue weighted by molar-refractivity contribution is 0.113. The van der Waals surface area contributed by atoms with Gasteiger partial charge in [-0.05, 0) is 98.5 Å². The van der Waals surface area contributed by atoms with Crippen LogP contribution in [-0.4, -0.2) is 23.7 Å². The zero-order chi connectivity index (χ0) is 33.2. The predicted octanol–water partition coefficient (Wildman–Crippen LogP) is 9.50. The van der Waals surface area contributed by atoms with Gasteiger partial charge in [-0.25, -0.2) is 10.0 Å². The number of hydroxylamine groups is 1. The Labute approximate surface area is 283 Å². The maximum absolute atomic E-state index is 6.44. The van der Waals surface area contributed by atoms with Gasteiger partial charge in [0.25, 0.3) is 0 Å². The van der Waals surface area contributed by atoms with Crippen LogP contribution in [0.5, 0.6) is 0 Å². The molecule has 6 heteroatoms. The van der Waals surface area contributed by atoms with Crippen LogP contribution in [0.25, 0.3) is 38.8 Å². The first-order valence-electron chi connectivity index (χ1n) is 16.8. The van der Waals surface area contributed by atoms with E-state index in [9.17, 15) is 0 Å². The van der Waals surface area contributed by atoms with Crippen LogP contribution in [0.3, 0.4) is 0 Å². The highest BCUT2D eigenvalue weighted by Crippen LogP contribution is 2.42. The summed E-state index contributed by atoms with van der Waals surface area (Å²) in [7, 11) is -2.17. The average molecular weight is 645 g/mol. The van der Waals surface area contributed by atoms with Crippen molar-refractivity contribution in [3.8, 4) is 16.9 Å². The fourth-order valence-electron chi connectivity index (χ4n) is 7.32. The van der Waals surface area contributed by atoms with Gasteiger partial charge in [-0.3, -0.25) is 4.57 Å². The summed E-state index contributed by atoms with van der Waals surface area (Å²) < 4.78 is 2.35. The summed E-state index contributed by atoms with van der Waals surface area (Å²) in [4.78, 5) is 11.4. The third kappa shape index (κ3) is 4.83. The molecule has 0 saturated heterocycles. The fraction of sp³-hybridized carbons (Fsp3) is 0.167. The molecule has 2 aromatic heterocycles. The van der Waals surface area contributed by atoms with Crippen molar-refractivity contribution in [1.29, 1.82) is 0 Å². The molecular formula is C42H40N4OSi. The molecule has 0 atom stereocenters. The van der Waals surface area contributed by atoms with Crippen LogP contribution in [0, 0.1) is 13.8 Å². The first kappa shape index (κ1) is 30.2. The van der Waals surface area contributed by atoms with Gasteiger partial charge in [-0.1, -0.05) is 96.3 Å². The highest BCUT2D eigenvalue weighted by Gasteiger charge is 2.32. The van der Waals surface area contributed by atoms with E-state index in [0.717, 1.165) is 28.4 Å². The topological polar surface area (TPSA) is 33.5 Å². The van der Waals surface area contributed by atoms with Crippen LogP contribution in [-0.2, 0) is 4.94 Å². The highest BCUT2D eigenvalue weighted by molar-refractivity contribution is 7.00. The van der Waals surface area contributed by atoms with E-state index >= 15 is 0 Å². The molecular weight excluding hydrogens is 605 g/mol. The zero-order valence-electron chi connectivity index (χ0n) is 28.4. The largest absolute Gasteiger partial charge is 0.294 e. The van der Waals surface area contributed by atoms with E-state index in [2.05, 4.69) is 167 Å². The Morgan fingerprint density at radius 3 is 2.12 bits per heavy atom. The van der Waals surface area contributed by atoms with E-state index in [1.54, 1.807) is 0 Å². The van der Waals surface area contributed by atoms with E-state index in [0.29, 0.717) is 0 Å². The van der Waals surface area contributed by atoms with Crippen molar-refractivity contribution in [3.63, 3.8) is 0 Å². The van der Waals surface area contributed by atoms with Gasteiger partial charge in [0.15, 0.2) is 0 Å². The maximum atomic E-state index is 6.44. The minimum Gasteiger partial charge on any atom is -0.294 e. The summed E-state index contributed by atoms with van der Waals surface area (Å²) in [6.45, 7) is 13.6. The summed E-state index contributed by atoms with van der Waals surface area (Å²) >= 11 is 0. The van der Waals surface area contributed by atoms with Crippen molar-refractivity contribution >= 4 is 57.3 Å². The zero-order valence-corrected chi connectivity index (χ0v) is 29.4. The molecule has 0 amide bonds. The minimum atomic E-state index is -2.17. The Morgan fingerprint density at radius 1 is 0.646 bits per heavy atom. The Balaban J connectivity index is 1.24. The van der Waals surface area contributed by atoms with E-state index in [1.807, 2.05) is 16.3 Å². The molecule has 7 aromatic rings. The van der Waals surface area contributed by atoms with E-state index in [4.69, 9.17) is 9.92 Å². The van der Waals surface area contributed by atoms with E-state index in [1.165, 1.54) is 48.9 Å². The Kier molecular flexibility index (Phi) is 7.24. The van der Waals surface area contributed by atoms with E-state index in [-0.39, 0.29) is 6.04 Å². The second-order valence-corrected chi connectivity index (χ2v) is 18.1. The molecule has 5 aromatic carbocycles. The number of fused-ring (bicyclic) bond motifs is 4. The highest BCUT2D eigenvalue weighted by atomic mass is 28.3. The first-order valence-corrected chi connectivity index (χ1v) is 19.8. The molecule has 1 aliphatic heterocycles. The minimum absolute atomic E-state index is 0.208. The van der Waals surface area contributed by atoms with Crippen molar-refractivity contribution < 1.29 is 4.94 Å². The monoisotopic (exact) mass is 644 g/mol. The molecule has 8 rings (SSSR count). The number of anilines is 3. The fourth-order valence-corrected chi connectivity index (χ4v) is 9.67. The van der Waals surface area contributed by atoms with Gasteiger partial charge in [0.1, 0.15) is 13.9 Å². The third-order valence-electron chi connectivity index (χ3n) is 9.92. The van der Waals surface area contributed by atoms with Crippen molar-refractivity contribution in [1.82, 2.24) is 9.55 Å². The molecule has 238 valence electrons. The van der Waals surface area contributed by atoms with Gasteiger partial charge in [-0.15, -0.1) is 4.94 Å². The number of pyridine rings is 1. The van der Waals surface area contributed by atoms with Crippen LogP contribution in [0.2, 0.25) is 13.1 Å². The van der Waals surface area contributed by atoms with Crippen LogP contribution in [0.15, 0.2) is 128 Å². The van der Waals surface area contributed by atoms with E-state index < -0.39 is 8.07 Å². The van der Waals surface area contributed by atoms with Gasteiger partial charge in [0, 0.05) is 17.0 Å². The lowest BCUT2D eigenvalue weighted by atomic mass is 9.96. The maximum Gasteiger partial charge on any atom is 0.138 e. The molecule has 0 unspecified atom stereocenters. The van der Waals surface area contributed by atoms with Gasteiger partial charge >= 0.3 is 0 Å². The number of hydrogen-bond acceptors (Lipinski definition) is 4. The molecule has 0 radical (unpaired) electrons. The van der Waals surface area contributed by atoms with Gasteiger partial charge in [0.2, 0.25) is 0 Å². The molecule has 0 N–H and O–H groups in total. The van der Waals surface area contributed by atoms with Crippen LogP contribution in [0.1, 0.15) is 25.0 Å². The van der Waals surface area contributed by atoms with Crippen LogP contribution >= 0.6 is 0 Å². The second-order valence-electron chi connectivity index (χ2n) is 13.7. The SMILES string of the molecule is Cc1cccc(C)c1-c1ccnc(-n2c3ccccc3c3ccc([Si](C)(C)c4cccc(N5ON(C(C)C)c6ccccc65)c4)cc32)c1. The van der Waals surface area contributed by atoms with Crippen LogP contribution < -0.4 is 20.5 Å². The molecule has 0 spiro atoms. The lowest BCUT2D eigenvalue weighted by Gasteiger charge is -2.27. The number of para-hydroxylation sites is 3. The molecule has 0 bridgehead atoms. The molecule has 1 aliphatic rings. The van der Waals surface area contributed by atoms with Gasteiger partial charge in [0.05, 0.1) is 34.1 Å². The number of aromatic nitrogens is 2. The van der Waals surface area contributed by atoms with Crippen molar-refractivity contribution in [3.05, 3.63) is 139 Å². The molecule has 5 nitrogen and oxygen atoms in total. The number of aryl methyl sites for hydroxylation is 2. The average Bonchev–Trinajstić information content (AvgIpc) is 3.65. The number of benzene rings is 5. The summed E-state index contributed by atoms with van der Waals surface area (Å²) in [6.07, 6.45) is 1.95. The van der Waals surface area contributed by atoms with Gasteiger partial charge < -0.3 is 0 Å². The third-order valence-corrected chi connectivity index (χ3v) is 13.4. The Morgan fingerprint density at radius 2 is 1.33 bits per heavy atom. The van der Waals surface area contributed by atoms with Crippen molar-refractivity contribution in [2.75, 3.05) is 10.1 Å².